The summed E-state index contributed by atoms with van der Waals surface area (Å²) >= 11 is 5.73. The molecule has 0 saturated carbocycles. The van der Waals surface area contributed by atoms with Gasteiger partial charge < -0.3 is 0 Å². The number of alkyl halides is 1. The quantitative estimate of drug-likeness (QED) is 0.475. The fourth-order valence-electron chi connectivity index (χ4n) is 0.572. The number of halogens is 1. The Kier molecular flexibility index (Phi) is 3.24. The number of carbonyl (C=O) groups excluding carboxylic acids is 2. The van der Waals surface area contributed by atoms with Crippen LogP contribution < -0.4 is 0 Å². The summed E-state index contributed by atoms with van der Waals surface area (Å²) in [6, 6.07) is 0. The summed E-state index contributed by atoms with van der Waals surface area (Å²) in [5.74, 6) is -0.973. The molecule has 0 aromatic rings. The lowest BCUT2D eigenvalue weighted by Crippen LogP contribution is -2.33. The van der Waals surface area contributed by atoms with E-state index in [1.165, 1.54) is 6.92 Å². The van der Waals surface area contributed by atoms with Crippen LogP contribution in [0.2, 0.25) is 0 Å². The number of hydrogen-bond donors (Lipinski definition) is 0. The van der Waals surface area contributed by atoms with Crippen molar-refractivity contribution in [1.82, 2.24) is 0 Å². The Bertz CT molecular complexity index is 179. The van der Waals surface area contributed by atoms with E-state index in [2.05, 4.69) is 0 Å². The van der Waals surface area contributed by atoms with E-state index in [1.807, 2.05) is 20.8 Å². The molecule has 0 fully saturated rings. The number of ketones is 2. The third-order valence-electron chi connectivity index (χ3n) is 1.34. The molecule has 1 atom stereocenters. The van der Waals surface area contributed by atoms with Crippen molar-refractivity contribution in [2.45, 2.75) is 33.1 Å². The molecule has 0 N–H and O–H groups in total. The lowest BCUT2D eigenvalue weighted by molar-refractivity contribution is -0.136. The van der Waals surface area contributed by atoms with Gasteiger partial charge >= 0.3 is 0 Å². The highest BCUT2D eigenvalue weighted by Gasteiger charge is 2.31. The van der Waals surface area contributed by atoms with Crippen LogP contribution >= 0.6 is 11.6 Å². The van der Waals surface area contributed by atoms with Crippen LogP contribution in [0.5, 0.6) is 0 Å². The molecular formula is C8H13ClO2. The fourth-order valence-corrected chi connectivity index (χ4v) is 0.725. The van der Waals surface area contributed by atoms with Crippen LogP contribution in [0.3, 0.4) is 0 Å². The SMILES string of the molecule is CC(=O)C(=O)C(Cl)C(C)(C)C. The van der Waals surface area contributed by atoms with Gasteiger partial charge in [-0.15, -0.1) is 11.6 Å². The number of Topliss-reactive ketones (excluding diaryl/α,β-unsaturated/α-hetero) is 2. The Morgan fingerprint density at radius 1 is 1.27 bits per heavy atom. The Hall–Kier alpha value is -0.370. The lowest BCUT2D eigenvalue weighted by Gasteiger charge is -2.22. The van der Waals surface area contributed by atoms with E-state index in [-0.39, 0.29) is 5.41 Å². The van der Waals surface area contributed by atoms with E-state index >= 15 is 0 Å². The van der Waals surface area contributed by atoms with Crippen molar-refractivity contribution in [2.75, 3.05) is 0 Å². The monoisotopic (exact) mass is 176 g/mol. The smallest absolute Gasteiger partial charge is 0.216 e. The molecule has 0 heterocycles. The summed E-state index contributed by atoms with van der Waals surface area (Å²) in [4.78, 5) is 21.6. The highest BCUT2D eigenvalue weighted by molar-refractivity contribution is 6.49. The summed E-state index contributed by atoms with van der Waals surface area (Å²) in [6.45, 7) is 6.71. The van der Waals surface area contributed by atoms with Crippen molar-refractivity contribution in [3.05, 3.63) is 0 Å². The average molecular weight is 177 g/mol. The second-order valence-corrected chi connectivity index (χ2v) is 4.09. The summed E-state index contributed by atoms with van der Waals surface area (Å²) in [5, 5.41) is -0.708. The molecule has 1 unspecified atom stereocenters. The van der Waals surface area contributed by atoms with Crippen LogP contribution in [-0.4, -0.2) is 16.9 Å². The van der Waals surface area contributed by atoms with Crippen LogP contribution in [0, 0.1) is 5.41 Å². The molecule has 64 valence electrons. The van der Waals surface area contributed by atoms with E-state index in [0.717, 1.165) is 0 Å². The molecule has 0 amide bonds. The average Bonchev–Trinajstić information content (AvgIpc) is 1.82. The van der Waals surface area contributed by atoms with E-state index in [1.54, 1.807) is 0 Å². The first-order chi connectivity index (χ1) is 4.76. The molecule has 0 bridgehead atoms. The molecule has 0 aliphatic rings. The highest BCUT2D eigenvalue weighted by atomic mass is 35.5. The van der Waals surface area contributed by atoms with Crippen molar-refractivity contribution >= 4 is 23.2 Å². The number of carbonyl (C=O) groups is 2. The van der Waals surface area contributed by atoms with E-state index in [4.69, 9.17) is 11.6 Å². The van der Waals surface area contributed by atoms with Gasteiger partial charge in [0.05, 0.1) is 0 Å². The summed E-state index contributed by atoms with van der Waals surface area (Å²) in [6.07, 6.45) is 0. The predicted octanol–water partition coefficient (Wildman–Crippen LogP) is 1.80. The Morgan fingerprint density at radius 2 is 1.64 bits per heavy atom. The van der Waals surface area contributed by atoms with E-state index in [0.29, 0.717) is 0 Å². The number of hydrogen-bond acceptors (Lipinski definition) is 2. The molecule has 2 nitrogen and oxygen atoms in total. The molecule has 0 aliphatic carbocycles. The van der Waals surface area contributed by atoms with Crippen molar-refractivity contribution in [2.24, 2.45) is 5.41 Å². The normalized spacial score (nSPS) is 14.3. The molecule has 3 heteroatoms. The maximum Gasteiger partial charge on any atom is 0.216 e. The third-order valence-corrected chi connectivity index (χ3v) is 2.19. The molecule has 11 heavy (non-hydrogen) atoms. The maximum absolute atomic E-state index is 11.0. The molecule has 0 aromatic carbocycles. The molecule has 0 aromatic heterocycles. The minimum atomic E-state index is -0.708. The van der Waals surface area contributed by atoms with E-state index < -0.39 is 16.9 Å². The minimum absolute atomic E-state index is 0.343. The lowest BCUT2D eigenvalue weighted by atomic mass is 9.88. The Labute approximate surface area is 71.9 Å². The van der Waals surface area contributed by atoms with Crippen LogP contribution in [0.4, 0.5) is 0 Å². The first kappa shape index (κ1) is 10.6. The fraction of sp³-hybridized carbons (Fsp3) is 0.750. The van der Waals surface area contributed by atoms with Gasteiger partial charge in [0.15, 0.2) is 5.78 Å². The van der Waals surface area contributed by atoms with Gasteiger partial charge in [0.2, 0.25) is 5.78 Å². The topological polar surface area (TPSA) is 34.1 Å². The minimum Gasteiger partial charge on any atom is -0.291 e. The molecule has 0 spiro atoms. The van der Waals surface area contributed by atoms with Crippen molar-refractivity contribution in [3.8, 4) is 0 Å². The predicted molar refractivity (Wildman–Crippen MR) is 44.8 cm³/mol. The van der Waals surface area contributed by atoms with Gasteiger partial charge in [-0.05, 0) is 5.41 Å². The first-order valence-electron chi connectivity index (χ1n) is 3.45. The van der Waals surface area contributed by atoms with Crippen molar-refractivity contribution in [3.63, 3.8) is 0 Å². The largest absolute Gasteiger partial charge is 0.291 e. The standard InChI is InChI=1S/C8H13ClO2/c1-5(10)6(11)7(9)8(2,3)4/h7H,1-4H3. The van der Waals surface area contributed by atoms with Crippen molar-refractivity contribution in [1.29, 1.82) is 0 Å². The zero-order valence-corrected chi connectivity index (χ0v) is 8.03. The molecule has 0 radical (unpaired) electrons. The highest BCUT2D eigenvalue weighted by Crippen LogP contribution is 2.25. The van der Waals surface area contributed by atoms with Crippen LogP contribution in [0.1, 0.15) is 27.7 Å². The van der Waals surface area contributed by atoms with Gasteiger partial charge in [0.1, 0.15) is 5.38 Å². The number of rotatable bonds is 2. The first-order valence-corrected chi connectivity index (χ1v) is 3.89. The van der Waals surface area contributed by atoms with Gasteiger partial charge in [0, 0.05) is 6.92 Å². The maximum atomic E-state index is 11.0. The van der Waals surface area contributed by atoms with Crippen molar-refractivity contribution < 1.29 is 9.59 Å². The van der Waals surface area contributed by atoms with E-state index in [9.17, 15) is 9.59 Å². The van der Waals surface area contributed by atoms with Crippen LogP contribution in [0.15, 0.2) is 0 Å². The summed E-state index contributed by atoms with van der Waals surface area (Å²) < 4.78 is 0. The Balaban J connectivity index is 4.38. The zero-order chi connectivity index (χ0) is 9.23. The van der Waals surface area contributed by atoms with Crippen LogP contribution in [-0.2, 0) is 9.59 Å². The van der Waals surface area contributed by atoms with Crippen LogP contribution in [0.25, 0.3) is 0 Å². The molecule has 0 aliphatic heterocycles. The van der Waals surface area contributed by atoms with Gasteiger partial charge in [-0.25, -0.2) is 0 Å². The second-order valence-electron chi connectivity index (χ2n) is 3.65. The molecule has 0 saturated heterocycles. The van der Waals surface area contributed by atoms with Gasteiger partial charge in [-0.1, -0.05) is 20.8 Å². The summed E-state index contributed by atoms with van der Waals surface area (Å²) in [5.41, 5.74) is -0.343. The summed E-state index contributed by atoms with van der Waals surface area (Å²) in [7, 11) is 0. The molecule has 0 rings (SSSR count). The van der Waals surface area contributed by atoms with Gasteiger partial charge in [-0.3, -0.25) is 9.59 Å². The molecular weight excluding hydrogens is 164 g/mol. The van der Waals surface area contributed by atoms with Gasteiger partial charge in [-0.2, -0.15) is 0 Å². The third kappa shape index (κ3) is 3.02. The zero-order valence-electron chi connectivity index (χ0n) is 7.27. The Morgan fingerprint density at radius 3 is 1.73 bits per heavy atom. The van der Waals surface area contributed by atoms with Gasteiger partial charge in [0.25, 0.3) is 0 Å². The second kappa shape index (κ2) is 3.35.